The van der Waals surface area contributed by atoms with Gasteiger partial charge in [-0.3, -0.25) is 10.1 Å². The summed E-state index contributed by atoms with van der Waals surface area (Å²) in [6.07, 6.45) is -6.84. The molecule has 0 aliphatic carbocycles. The van der Waals surface area contributed by atoms with E-state index in [-0.39, 0.29) is 33.2 Å². The number of nitro benzene ring substituents is 1. The second-order valence-electron chi connectivity index (χ2n) is 27.4. The van der Waals surface area contributed by atoms with Crippen molar-refractivity contribution in [3.05, 3.63) is 343 Å². The van der Waals surface area contributed by atoms with E-state index < -0.39 is 24.4 Å². The van der Waals surface area contributed by atoms with Crippen LogP contribution < -0.4 is 33.3 Å². The number of carboxylic acids is 1. The van der Waals surface area contributed by atoms with Crippen molar-refractivity contribution in [2.45, 2.75) is 155 Å². The molecule has 1 atom stereocenters. The van der Waals surface area contributed by atoms with Gasteiger partial charge >= 0.3 is 18.7 Å². The number of benzene rings is 11. The Bertz CT molecular complexity index is 4680. The number of alkyl halides is 6. The smallest absolute Gasteiger partial charge is 0.508 e. The Morgan fingerprint density at radius 3 is 1.35 bits per heavy atom. The Morgan fingerprint density at radius 2 is 0.932 bits per heavy atom. The van der Waals surface area contributed by atoms with Gasteiger partial charge in [-0.2, -0.15) is 0 Å². The van der Waals surface area contributed by atoms with Crippen LogP contribution in [0.25, 0.3) is 0 Å². The molecule has 0 fully saturated rings. The van der Waals surface area contributed by atoms with E-state index in [1.165, 1.54) is 79.3 Å². The highest BCUT2D eigenvalue weighted by atomic mass is 79.9. The number of hydrogen-bond acceptors (Lipinski definition) is 11. The van der Waals surface area contributed by atoms with Crippen molar-refractivity contribution >= 4 is 72.4 Å². The van der Waals surface area contributed by atoms with Gasteiger partial charge in [0.1, 0.15) is 40.2 Å². The summed E-state index contributed by atoms with van der Waals surface area (Å²) in [5.41, 5.74) is 17.5. The third kappa shape index (κ3) is 47.9. The molecule has 0 spiro atoms. The van der Waals surface area contributed by atoms with Gasteiger partial charge in [-0.05, 0) is 296 Å². The van der Waals surface area contributed by atoms with Crippen LogP contribution in [0.2, 0.25) is 10.0 Å². The molecule has 0 aromatic heterocycles. The number of methoxy groups -OCH3 is 3. The minimum absolute atomic E-state index is 0.160. The molecular formula is C95H112Br2Cl2F6N2O11. The number of anilines is 1. The lowest BCUT2D eigenvalue weighted by molar-refractivity contribution is -0.384. The fourth-order valence-electron chi connectivity index (χ4n) is 9.45. The van der Waals surface area contributed by atoms with Gasteiger partial charge < -0.3 is 43.5 Å². The zero-order chi connectivity index (χ0) is 89.6. The number of carboxylic acid groups (broad SMARTS) is 1. The van der Waals surface area contributed by atoms with Gasteiger partial charge in [0, 0.05) is 52.5 Å². The first-order chi connectivity index (χ1) is 55.2. The van der Waals surface area contributed by atoms with Crippen LogP contribution in [-0.2, 0) is 6.42 Å². The summed E-state index contributed by atoms with van der Waals surface area (Å²) in [5, 5.41) is 28.8. The Labute approximate surface area is 721 Å². The first-order valence-corrected chi connectivity index (χ1v) is 39.7. The minimum atomic E-state index is -4.72. The lowest BCUT2D eigenvalue weighted by Crippen LogP contribution is -2.17. The van der Waals surface area contributed by atoms with Crippen molar-refractivity contribution in [3.8, 4) is 40.2 Å². The molecule has 11 rings (SSSR count). The van der Waals surface area contributed by atoms with Crippen molar-refractivity contribution in [1.82, 2.24) is 0 Å². The maximum Gasteiger partial charge on any atom is 0.573 e. The fourth-order valence-corrected chi connectivity index (χ4v) is 10.7. The number of nitrogens with zero attached hydrogens (tertiary/aromatic N) is 2. The Kier molecular flexibility index (Phi) is 49.8. The molecule has 0 saturated carbocycles. The van der Waals surface area contributed by atoms with E-state index in [0.717, 1.165) is 79.4 Å². The molecule has 11 aromatic rings. The van der Waals surface area contributed by atoms with Crippen molar-refractivity contribution in [3.63, 3.8) is 0 Å². The van der Waals surface area contributed by atoms with Crippen LogP contribution in [0, 0.1) is 93.2 Å². The molecule has 0 heterocycles. The van der Waals surface area contributed by atoms with Gasteiger partial charge in [0.25, 0.3) is 5.69 Å². The number of aromatic carboxylic acids is 1. The average Bonchev–Trinajstić information content (AvgIpc) is 0.879. The monoisotopic (exact) mass is 1800 g/mol. The van der Waals surface area contributed by atoms with E-state index in [1.54, 1.807) is 77.6 Å². The summed E-state index contributed by atoms with van der Waals surface area (Å²) < 4.78 is 100. The number of phenolic OH excluding ortho intramolecular Hbond substituents is 1. The van der Waals surface area contributed by atoms with Gasteiger partial charge in [-0.15, -0.1) is 26.3 Å². The van der Waals surface area contributed by atoms with Gasteiger partial charge in [-0.25, -0.2) is 4.79 Å². The average molecular weight is 1800 g/mol. The number of halogens is 10. The van der Waals surface area contributed by atoms with Crippen molar-refractivity contribution < 1.29 is 74.7 Å². The largest absolute Gasteiger partial charge is 0.573 e. The molecular weight excluding hydrogens is 1690 g/mol. The first kappa shape index (κ1) is 106. The summed E-state index contributed by atoms with van der Waals surface area (Å²) in [7, 11) is 9.09. The molecule has 0 aliphatic heterocycles. The molecule has 13 nitrogen and oxygen atoms in total. The maximum atomic E-state index is 11.7. The zero-order valence-corrected chi connectivity index (χ0v) is 75.9. The van der Waals surface area contributed by atoms with Crippen LogP contribution in [0.5, 0.6) is 40.2 Å². The topological polar surface area (TPSA) is 159 Å². The number of aromatic hydroxyl groups is 1. The lowest BCUT2D eigenvalue weighted by Gasteiger charge is -2.11. The first-order valence-electron chi connectivity index (χ1n) is 37.3. The number of ether oxygens (including phenoxy) is 6. The summed E-state index contributed by atoms with van der Waals surface area (Å²) in [6.45, 7) is 34.0. The number of non-ortho nitro benzene ring substituents is 1. The van der Waals surface area contributed by atoms with Crippen molar-refractivity contribution in [2.75, 3.05) is 40.3 Å². The number of hydrogen-bond donors (Lipinski definition) is 2. The third-order valence-corrected chi connectivity index (χ3v) is 18.2. The third-order valence-electron chi connectivity index (χ3n) is 16.2. The number of rotatable bonds is 13. The molecule has 2 N–H and O–H groups in total. The number of nitro groups is 1. The zero-order valence-electron chi connectivity index (χ0n) is 71.3. The van der Waals surface area contributed by atoms with E-state index in [9.17, 15) is 41.3 Å². The van der Waals surface area contributed by atoms with Crippen molar-refractivity contribution in [1.29, 1.82) is 0 Å². The maximum absolute atomic E-state index is 11.7. The summed E-state index contributed by atoms with van der Waals surface area (Å²) in [5.74, 6) is 2.51. The van der Waals surface area contributed by atoms with Crippen molar-refractivity contribution in [2.24, 2.45) is 0 Å². The quantitative estimate of drug-likeness (QED) is 0.0640. The molecule has 0 amide bonds. The molecule has 118 heavy (non-hydrogen) atoms. The molecule has 23 heteroatoms. The molecule has 0 aliphatic rings. The van der Waals surface area contributed by atoms with Gasteiger partial charge in [0.05, 0.1) is 42.4 Å². The van der Waals surface area contributed by atoms with E-state index >= 15 is 0 Å². The molecule has 0 radical (unpaired) electrons. The van der Waals surface area contributed by atoms with Crippen LogP contribution in [0.4, 0.5) is 37.7 Å². The van der Waals surface area contributed by atoms with Crippen LogP contribution in [0.15, 0.2) is 239 Å². The second kappa shape index (κ2) is 55.5. The van der Waals surface area contributed by atoms with Crippen LogP contribution in [0.1, 0.15) is 135 Å². The summed E-state index contributed by atoms with van der Waals surface area (Å²) in [4.78, 5) is 22.3. The van der Waals surface area contributed by atoms with Gasteiger partial charge in [-0.1, -0.05) is 185 Å². The van der Waals surface area contributed by atoms with Gasteiger partial charge in [0.2, 0.25) is 0 Å². The standard InChI is InChI=1S/C11H16.2C10H14O.C9H13N.C8H9BrO.C8H6ClF3O.C8H9ClO.C8H7F3O2.C8H9NO2.C8H8O2.C7H7Br/c1-4-10(3)11-7-5-9(2)6-8-11;1-8(2)11-10-6-4-9(3)5-7-10;1-4-9-5-8(2)6-10(7-9)11-3;1-8-4-6-9(7-5-8)10(2)3;1-6-3-4-7(9)8(5-6)10-2;1-5-2-6(9)4-7(3-5)13-8(10,11)12;1-6-3-7(9)5-8(4-6)10-2;1-5-2-3-6(4-7(5)12)13-8(9,10)11;1-6-3-4-8(9(10)11)5-7(6)2;1-6-3-2-4-7(5-6)8(9)10;1-6-4-2-3-5-7(6)8/h5-8,10H,4H2,1-3H3;4-8H,1-3H3;5-7H,4H2,1-3H3;4-7H,1-3H3;3-5H,1-2H3;2-4H,1H3;3-5H,1-2H3;2-4,12H,1H3;3-5H,1-2H3;2-5H,1H3,(H,9,10);2-5H,1H3. The Morgan fingerprint density at radius 1 is 0.466 bits per heavy atom. The minimum Gasteiger partial charge on any atom is -0.508 e. The summed E-state index contributed by atoms with van der Waals surface area (Å²) in [6, 6.07) is 70.5. The molecule has 11 aromatic carbocycles. The van der Waals surface area contributed by atoms with Crippen LogP contribution >= 0.6 is 55.1 Å². The van der Waals surface area contributed by atoms with Crippen LogP contribution in [0.3, 0.4) is 0 Å². The van der Waals surface area contributed by atoms with Crippen LogP contribution in [-0.4, -0.2) is 75.4 Å². The highest BCUT2D eigenvalue weighted by Crippen LogP contribution is 2.30. The summed E-state index contributed by atoms with van der Waals surface area (Å²) >= 11 is 18.0. The van der Waals surface area contributed by atoms with E-state index in [4.69, 9.17) is 52.4 Å². The number of carbonyl (C=O) groups is 1. The SMILES string of the molecule is CCC(C)c1ccc(C)cc1.CCc1cc(C)cc(OC)c1.COc1cc(C)cc(Cl)c1.COc1cc(C)ccc1Br.Cc1cc(Cl)cc(OC(F)(F)F)c1.Cc1ccc(N(C)C)cc1.Cc1ccc(OC(C)C)cc1.Cc1ccc(OC(F)(F)F)cc1O.Cc1ccc([N+](=O)[O-])cc1C.Cc1cccc(C(=O)O)c1.Cc1ccccc1Br. The molecule has 1 unspecified atom stereocenters. The normalized spacial score (nSPS) is 10.3. The highest BCUT2D eigenvalue weighted by molar-refractivity contribution is 9.10. The Balaban J connectivity index is 0.000000650. The molecule has 0 bridgehead atoms. The number of aryl methyl sites for hydroxylation is 13. The molecule has 638 valence electrons. The second-order valence-corrected chi connectivity index (χ2v) is 30.0. The van der Waals surface area contributed by atoms with E-state index in [0.29, 0.717) is 22.6 Å². The highest BCUT2D eigenvalue weighted by Gasteiger charge is 2.32. The van der Waals surface area contributed by atoms with E-state index in [1.807, 2.05) is 135 Å². The lowest BCUT2D eigenvalue weighted by atomic mass is 9.98. The molecule has 0 saturated heterocycles. The predicted octanol–water partition coefficient (Wildman–Crippen LogP) is 29.1. The van der Waals surface area contributed by atoms with E-state index in [2.05, 4.69) is 180 Å². The Hall–Kier alpha value is -10.2. The number of phenols is 1. The fraction of sp³-hybridized carbons (Fsp3) is 0.295. The van der Waals surface area contributed by atoms with Gasteiger partial charge in [0.15, 0.2) is 0 Å². The predicted molar refractivity (Wildman–Crippen MR) is 480 cm³/mol.